The van der Waals surface area contributed by atoms with E-state index in [1.807, 2.05) is 48.5 Å². The number of ether oxygens (including phenoxy) is 3. The SMILES string of the molecule is COc1ccc(CCC(=O)OCC(=O)N2N=C(c3ccc(OC)cc3)CC2c2ccco2)cc1. The number of amides is 1. The van der Waals surface area contributed by atoms with Crippen molar-refractivity contribution in [1.29, 1.82) is 0 Å². The number of carbonyl (C=O) groups excluding carboxylic acids is 2. The predicted molar refractivity (Wildman–Crippen MR) is 125 cm³/mol. The van der Waals surface area contributed by atoms with Crippen LogP contribution in [-0.4, -0.2) is 43.4 Å². The molecule has 0 saturated heterocycles. The fourth-order valence-electron chi connectivity index (χ4n) is 3.72. The maximum Gasteiger partial charge on any atom is 0.306 e. The Morgan fingerprint density at radius 3 is 2.29 bits per heavy atom. The molecule has 8 nitrogen and oxygen atoms in total. The molecular weight excluding hydrogens is 436 g/mol. The number of esters is 1. The summed E-state index contributed by atoms with van der Waals surface area (Å²) in [5, 5.41) is 5.88. The molecule has 34 heavy (non-hydrogen) atoms. The van der Waals surface area contributed by atoms with Crippen LogP contribution in [-0.2, 0) is 20.7 Å². The van der Waals surface area contributed by atoms with Gasteiger partial charge in [0.15, 0.2) is 6.61 Å². The van der Waals surface area contributed by atoms with Gasteiger partial charge in [0.1, 0.15) is 23.3 Å². The van der Waals surface area contributed by atoms with E-state index in [1.165, 1.54) is 5.01 Å². The summed E-state index contributed by atoms with van der Waals surface area (Å²) in [7, 11) is 3.21. The summed E-state index contributed by atoms with van der Waals surface area (Å²) < 4.78 is 21.1. The zero-order valence-corrected chi connectivity index (χ0v) is 19.1. The molecule has 1 aromatic heterocycles. The maximum atomic E-state index is 12.9. The van der Waals surface area contributed by atoms with Crippen LogP contribution < -0.4 is 9.47 Å². The quantitative estimate of drug-likeness (QED) is 0.444. The molecule has 0 N–H and O–H groups in total. The monoisotopic (exact) mass is 462 g/mol. The largest absolute Gasteiger partial charge is 0.497 e. The third-order valence-electron chi connectivity index (χ3n) is 5.59. The lowest BCUT2D eigenvalue weighted by Crippen LogP contribution is -2.31. The summed E-state index contributed by atoms with van der Waals surface area (Å²) >= 11 is 0. The van der Waals surface area contributed by atoms with Gasteiger partial charge in [-0.25, -0.2) is 5.01 Å². The molecule has 2 aromatic carbocycles. The Bertz CT molecular complexity index is 1140. The first-order chi connectivity index (χ1) is 16.6. The molecule has 3 aromatic rings. The minimum atomic E-state index is -0.447. The molecule has 0 aliphatic carbocycles. The highest BCUT2D eigenvalue weighted by Crippen LogP contribution is 2.33. The van der Waals surface area contributed by atoms with Crippen molar-refractivity contribution in [3.8, 4) is 11.5 Å². The van der Waals surface area contributed by atoms with Crippen molar-refractivity contribution in [2.45, 2.75) is 25.3 Å². The van der Waals surface area contributed by atoms with Crippen LogP contribution in [0.3, 0.4) is 0 Å². The van der Waals surface area contributed by atoms with Crippen molar-refractivity contribution in [3.05, 3.63) is 83.8 Å². The van der Waals surface area contributed by atoms with Crippen molar-refractivity contribution in [2.75, 3.05) is 20.8 Å². The second-order valence-electron chi connectivity index (χ2n) is 7.76. The predicted octanol–water partition coefficient (Wildman–Crippen LogP) is 4.15. The molecular formula is C26H26N2O6. The fourth-order valence-corrected chi connectivity index (χ4v) is 3.72. The van der Waals surface area contributed by atoms with E-state index in [0.29, 0.717) is 18.6 Å². The third-order valence-corrected chi connectivity index (χ3v) is 5.59. The van der Waals surface area contributed by atoms with Crippen LogP contribution >= 0.6 is 0 Å². The number of furan rings is 1. The van der Waals surface area contributed by atoms with E-state index in [1.54, 1.807) is 32.6 Å². The van der Waals surface area contributed by atoms with Gasteiger partial charge in [0.25, 0.3) is 5.91 Å². The van der Waals surface area contributed by atoms with Gasteiger partial charge in [0.2, 0.25) is 0 Å². The lowest BCUT2D eigenvalue weighted by molar-refractivity contribution is -0.152. The Morgan fingerprint density at radius 1 is 1.00 bits per heavy atom. The summed E-state index contributed by atoms with van der Waals surface area (Å²) in [5.41, 5.74) is 2.60. The number of benzene rings is 2. The lowest BCUT2D eigenvalue weighted by atomic mass is 10.0. The number of rotatable bonds is 9. The van der Waals surface area contributed by atoms with Crippen molar-refractivity contribution < 1.29 is 28.2 Å². The average Bonchev–Trinajstić information content (AvgIpc) is 3.57. The maximum absolute atomic E-state index is 12.9. The summed E-state index contributed by atoms with van der Waals surface area (Å²) in [6, 6.07) is 18.1. The number of hydrazone groups is 1. The summed E-state index contributed by atoms with van der Waals surface area (Å²) in [4.78, 5) is 25.2. The number of carbonyl (C=O) groups is 2. The van der Waals surface area contributed by atoms with Gasteiger partial charge < -0.3 is 18.6 Å². The van der Waals surface area contributed by atoms with Crippen LogP contribution in [0.2, 0.25) is 0 Å². The van der Waals surface area contributed by atoms with Crippen LogP contribution in [0.25, 0.3) is 0 Å². The van der Waals surface area contributed by atoms with Crippen molar-refractivity contribution >= 4 is 17.6 Å². The van der Waals surface area contributed by atoms with Crippen molar-refractivity contribution in [1.82, 2.24) is 5.01 Å². The van der Waals surface area contributed by atoms with Crippen LogP contribution in [0.4, 0.5) is 0 Å². The van der Waals surface area contributed by atoms with E-state index in [0.717, 1.165) is 28.3 Å². The average molecular weight is 463 g/mol. The highest BCUT2D eigenvalue weighted by Gasteiger charge is 2.35. The van der Waals surface area contributed by atoms with E-state index in [-0.39, 0.29) is 6.42 Å². The van der Waals surface area contributed by atoms with Crippen LogP contribution in [0, 0.1) is 0 Å². The standard InChI is InChI=1S/C26H26N2O6/c1-31-20-10-5-18(6-11-20)7-14-26(30)34-17-25(29)28-23(24-4-3-15-33-24)16-22(27-28)19-8-12-21(32-2)13-9-19/h3-6,8-13,15,23H,7,14,16-17H2,1-2H3. The molecule has 1 unspecified atom stereocenters. The smallest absolute Gasteiger partial charge is 0.306 e. The highest BCUT2D eigenvalue weighted by molar-refractivity contribution is 6.03. The van der Waals surface area contributed by atoms with Gasteiger partial charge in [-0.15, -0.1) is 0 Å². The normalized spacial score (nSPS) is 15.1. The molecule has 2 heterocycles. The number of aryl methyl sites for hydroxylation is 1. The van der Waals surface area contributed by atoms with Gasteiger partial charge >= 0.3 is 5.97 Å². The zero-order chi connectivity index (χ0) is 23.9. The second-order valence-corrected chi connectivity index (χ2v) is 7.76. The van der Waals surface area contributed by atoms with E-state index in [9.17, 15) is 9.59 Å². The second kappa shape index (κ2) is 10.7. The number of nitrogens with zero attached hydrogens (tertiary/aromatic N) is 2. The molecule has 8 heteroatoms. The molecule has 0 bridgehead atoms. The summed E-state index contributed by atoms with van der Waals surface area (Å²) in [5.74, 6) is 1.24. The third kappa shape index (κ3) is 5.46. The van der Waals surface area contributed by atoms with Crippen molar-refractivity contribution in [2.24, 2.45) is 5.10 Å². The van der Waals surface area contributed by atoms with Gasteiger partial charge in [0.05, 0.1) is 26.2 Å². The zero-order valence-electron chi connectivity index (χ0n) is 19.1. The molecule has 0 spiro atoms. The Morgan fingerprint density at radius 2 is 1.68 bits per heavy atom. The van der Waals surface area contributed by atoms with E-state index in [2.05, 4.69) is 5.10 Å². The number of methoxy groups -OCH3 is 2. The Balaban J connectivity index is 1.38. The molecule has 0 radical (unpaired) electrons. The minimum Gasteiger partial charge on any atom is -0.497 e. The first-order valence-electron chi connectivity index (χ1n) is 10.9. The lowest BCUT2D eigenvalue weighted by Gasteiger charge is -2.19. The minimum absolute atomic E-state index is 0.168. The van der Waals surface area contributed by atoms with Crippen LogP contribution in [0.1, 0.15) is 35.8 Å². The first-order valence-corrected chi connectivity index (χ1v) is 10.9. The van der Waals surface area contributed by atoms with Gasteiger partial charge in [-0.3, -0.25) is 9.59 Å². The Hall–Kier alpha value is -4.07. The van der Waals surface area contributed by atoms with Crippen LogP contribution in [0.15, 0.2) is 76.4 Å². The van der Waals surface area contributed by atoms with Crippen molar-refractivity contribution in [3.63, 3.8) is 0 Å². The highest BCUT2D eigenvalue weighted by atomic mass is 16.5. The molecule has 0 saturated carbocycles. The van der Waals surface area contributed by atoms with Gasteiger partial charge in [-0.05, 0) is 66.1 Å². The summed E-state index contributed by atoms with van der Waals surface area (Å²) in [6.45, 7) is -0.391. The molecule has 176 valence electrons. The molecule has 0 fully saturated rings. The summed E-state index contributed by atoms with van der Waals surface area (Å²) in [6.07, 6.45) is 2.72. The Kier molecular flexibility index (Phi) is 7.27. The topological polar surface area (TPSA) is 90.6 Å². The van der Waals surface area contributed by atoms with Gasteiger partial charge in [-0.2, -0.15) is 5.10 Å². The van der Waals surface area contributed by atoms with Crippen LogP contribution in [0.5, 0.6) is 11.5 Å². The number of hydrogen-bond donors (Lipinski definition) is 0. The molecule has 1 amide bonds. The molecule has 1 aliphatic rings. The van der Waals surface area contributed by atoms with Gasteiger partial charge in [-0.1, -0.05) is 12.1 Å². The van der Waals surface area contributed by atoms with Gasteiger partial charge in [0, 0.05) is 12.8 Å². The fraction of sp³-hybridized carbons (Fsp3) is 0.269. The van der Waals surface area contributed by atoms with E-state index >= 15 is 0 Å². The number of hydrogen-bond acceptors (Lipinski definition) is 7. The molecule has 4 rings (SSSR count). The van der Waals surface area contributed by atoms with E-state index < -0.39 is 24.5 Å². The molecule has 1 aliphatic heterocycles. The first kappa shape index (κ1) is 23.1. The molecule has 1 atom stereocenters. The van der Waals surface area contributed by atoms with E-state index in [4.69, 9.17) is 18.6 Å². The Labute approximate surface area is 197 Å².